The van der Waals surface area contributed by atoms with E-state index in [1.54, 1.807) is 6.08 Å². The van der Waals surface area contributed by atoms with Gasteiger partial charge in [0.1, 0.15) is 12.7 Å². The number of aliphatic hydroxyl groups is 4. The Hall–Kier alpha value is -2.30. The number of phosphoric ester groups is 2. The minimum absolute atomic E-state index is 0.00930. The van der Waals surface area contributed by atoms with E-state index in [9.17, 15) is 44.0 Å². The van der Waals surface area contributed by atoms with Gasteiger partial charge in [-0.25, -0.2) is 9.13 Å². The van der Waals surface area contributed by atoms with E-state index in [2.05, 4.69) is 59.4 Å². The van der Waals surface area contributed by atoms with Crippen LogP contribution in [0.3, 0.4) is 0 Å². The second-order valence-corrected chi connectivity index (χ2v) is 19.0. The van der Waals surface area contributed by atoms with Crippen molar-refractivity contribution in [3.8, 4) is 0 Å². The van der Waals surface area contributed by atoms with Gasteiger partial charge in [0.15, 0.2) is 6.10 Å². The van der Waals surface area contributed by atoms with Crippen LogP contribution in [0.2, 0.25) is 0 Å². The van der Waals surface area contributed by atoms with E-state index in [-0.39, 0.29) is 31.1 Å². The fraction of sp³-hybridized carbons (Fsp3) is 0.739. The number of phosphoric acid groups is 2. The van der Waals surface area contributed by atoms with Gasteiger partial charge < -0.3 is 44.6 Å². The molecule has 0 saturated heterocycles. The highest BCUT2D eigenvalue weighted by Gasteiger charge is 2.39. The molecule has 1 unspecified atom stereocenters. The Bertz CT molecular complexity index is 1480. The fourth-order valence-electron chi connectivity index (χ4n) is 6.91. The third-order valence-corrected chi connectivity index (χ3v) is 11.9. The molecule has 0 aromatic rings. The standard InChI is InChI=1S/C46H80O16P2/c1-3-5-7-8-9-10-11-12-13-14-15-16-17-18-19-20-25-29-45(51)58-36-40(37-61-64(56,57)60-35-39(48)34-59-63(53,54)55)62-46(52)30-26-22-21-24-28-41-42(44(50)33-43(41)49)32-31-38(47)27-23-6-4-2/h9-10,12-13,15-16,18-19,31-32,38-44,47-50H,3-8,11,14,17,20-30,33-37H2,1-2H3,(H,56,57)(H2,53,54,55)/b10-9-,13-12-,16-15-,19-18-,32-31+/t38-,39-,40+,41+,42+,43-,44+/m0/s1. The van der Waals surface area contributed by atoms with Gasteiger partial charge in [0.2, 0.25) is 0 Å². The molecule has 1 aliphatic rings. The number of allylic oxidation sites excluding steroid dienone is 8. The van der Waals surface area contributed by atoms with Crippen LogP contribution in [0.4, 0.5) is 0 Å². The number of aliphatic hydroxyl groups excluding tert-OH is 4. The van der Waals surface area contributed by atoms with Gasteiger partial charge in [-0.3, -0.25) is 23.2 Å². The van der Waals surface area contributed by atoms with Crippen LogP contribution in [-0.2, 0) is 41.8 Å². The summed E-state index contributed by atoms with van der Waals surface area (Å²) in [5.41, 5.74) is 0. The van der Waals surface area contributed by atoms with Crippen molar-refractivity contribution in [2.45, 2.75) is 179 Å². The molecule has 1 rings (SSSR count). The van der Waals surface area contributed by atoms with Crippen LogP contribution < -0.4 is 0 Å². The highest BCUT2D eigenvalue weighted by atomic mass is 31.2. The number of rotatable bonds is 39. The molecule has 0 radical (unpaired) electrons. The SMILES string of the molecule is CCCCC/C=C\C/C=C\C/C=C\C/C=C\CCCC(=O)OC[C@H](COP(=O)(O)OC[C@@H](O)COP(=O)(O)O)OC(=O)CCCCCC[C@@H]1[C@@H](/C=C/[C@@H](O)CCCCC)[C@H](O)C[C@@H]1O. The molecule has 0 aliphatic heterocycles. The van der Waals surface area contributed by atoms with Crippen molar-refractivity contribution in [1.29, 1.82) is 0 Å². The quantitative estimate of drug-likeness (QED) is 0.0132. The summed E-state index contributed by atoms with van der Waals surface area (Å²) >= 11 is 0. The second kappa shape index (κ2) is 36.8. The summed E-state index contributed by atoms with van der Waals surface area (Å²) in [6.45, 7) is 1.33. The predicted molar refractivity (Wildman–Crippen MR) is 246 cm³/mol. The third kappa shape index (κ3) is 33.2. The molecule has 1 aliphatic carbocycles. The minimum atomic E-state index is -4.90. The van der Waals surface area contributed by atoms with Gasteiger partial charge in [0.05, 0.1) is 38.1 Å². The summed E-state index contributed by atoms with van der Waals surface area (Å²) in [5.74, 6) is -1.64. The van der Waals surface area contributed by atoms with Gasteiger partial charge in [-0.05, 0) is 70.1 Å². The van der Waals surface area contributed by atoms with Crippen LogP contribution in [-0.4, -0.2) is 104 Å². The summed E-state index contributed by atoms with van der Waals surface area (Å²) in [6.07, 6.45) is 31.4. The van der Waals surface area contributed by atoms with Crippen molar-refractivity contribution in [2.24, 2.45) is 11.8 Å². The maximum atomic E-state index is 12.8. The summed E-state index contributed by atoms with van der Waals surface area (Å²) < 4.78 is 47.8. The van der Waals surface area contributed by atoms with Gasteiger partial charge in [0, 0.05) is 25.2 Å². The molecule has 0 aromatic heterocycles. The number of carbonyl (C=O) groups is 2. The van der Waals surface area contributed by atoms with E-state index in [0.29, 0.717) is 38.5 Å². The van der Waals surface area contributed by atoms with E-state index in [4.69, 9.17) is 23.8 Å². The second-order valence-electron chi connectivity index (χ2n) is 16.3. The highest BCUT2D eigenvalue weighted by Crippen LogP contribution is 2.44. The molecule has 7 N–H and O–H groups in total. The van der Waals surface area contributed by atoms with Crippen LogP contribution in [0.15, 0.2) is 60.8 Å². The first-order valence-corrected chi connectivity index (χ1v) is 26.3. The normalized spacial score (nSPS) is 20.8. The van der Waals surface area contributed by atoms with E-state index in [1.165, 1.54) is 19.3 Å². The van der Waals surface area contributed by atoms with Crippen LogP contribution in [0.5, 0.6) is 0 Å². The van der Waals surface area contributed by atoms with Gasteiger partial charge in [-0.1, -0.05) is 126 Å². The van der Waals surface area contributed by atoms with E-state index in [0.717, 1.165) is 57.8 Å². The van der Waals surface area contributed by atoms with Gasteiger partial charge in [-0.15, -0.1) is 0 Å². The molecule has 16 nitrogen and oxygen atoms in total. The highest BCUT2D eigenvalue weighted by molar-refractivity contribution is 7.47. The largest absolute Gasteiger partial charge is 0.472 e. The molecular formula is C46H80O16P2. The monoisotopic (exact) mass is 950 g/mol. The zero-order valence-corrected chi connectivity index (χ0v) is 40.0. The number of esters is 2. The molecule has 0 bridgehead atoms. The number of unbranched alkanes of at least 4 members (excludes halogenated alkanes) is 9. The van der Waals surface area contributed by atoms with Crippen LogP contribution in [0.25, 0.3) is 0 Å². The van der Waals surface area contributed by atoms with Crippen LogP contribution in [0.1, 0.15) is 149 Å². The summed E-state index contributed by atoms with van der Waals surface area (Å²) in [4.78, 5) is 53.0. The smallest absolute Gasteiger partial charge is 0.462 e. The minimum Gasteiger partial charge on any atom is -0.462 e. The van der Waals surface area contributed by atoms with Gasteiger partial charge in [0.25, 0.3) is 0 Å². The van der Waals surface area contributed by atoms with Crippen molar-refractivity contribution in [1.82, 2.24) is 0 Å². The van der Waals surface area contributed by atoms with E-state index in [1.807, 2.05) is 18.2 Å². The Kier molecular flexibility index (Phi) is 34.3. The number of hydrogen-bond donors (Lipinski definition) is 7. The zero-order chi connectivity index (χ0) is 47.5. The summed E-state index contributed by atoms with van der Waals surface area (Å²) in [7, 11) is -9.79. The molecule has 18 heteroatoms. The van der Waals surface area contributed by atoms with E-state index < -0.39 is 84.5 Å². The Morgan fingerprint density at radius 3 is 1.84 bits per heavy atom. The molecule has 1 saturated carbocycles. The lowest BCUT2D eigenvalue weighted by atomic mass is 9.88. The molecule has 64 heavy (non-hydrogen) atoms. The maximum Gasteiger partial charge on any atom is 0.472 e. The Balaban J connectivity index is 2.57. The average molecular weight is 951 g/mol. The Morgan fingerprint density at radius 2 is 1.20 bits per heavy atom. The number of ether oxygens (including phenoxy) is 2. The van der Waals surface area contributed by atoms with Crippen molar-refractivity contribution < 1.29 is 76.9 Å². The number of hydrogen-bond acceptors (Lipinski definition) is 13. The van der Waals surface area contributed by atoms with Crippen LogP contribution in [0, 0.1) is 11.8 Å². The first-order chi connectivity index (χ1) is 30.6. The van der Waals surface area contributed by atoms with Gasteiger partial charge in [-0.2, -0.15) is 0 Å². The lowest BCUT2D eigenvalue weighted by molar-refractivity contribution is -0.161. The van der Waals surface area contributed by atoms with E-state index >= 15 is 0 Å². The maximum absolute atomic E-state index is 12.8. The third-order valence-electron chi connectivity index (χ3n) is 10.5. The lowest BCUT2D eigenvalue weighted by Gasteiger charge is -2.21. The zero-order valence-electron chi connectivity index (χ0n) is 38.2. The fourth-order valence-corrected chi connectivity index (χ4v) is 8.06. The van der Waals surface area contributed by atoms with Gasteiger partial charge >= 0.3 is 27.6 Å². The molecule has 1 fully saturated rings. The Morgan fingerprint density at radius 1 is 0.641 bits per heavy atom. The lowest BCUT2D eigenvalue weighted by Crippen LogP contribution is -2.30. The number of carbonyl (C=O) groups excluding carboxylic acids is 2. The summed E-state index contributed by atoms with van der Waals surface area (Å²) in [6, 6.07) is 0. The molecule has 0 heterocycles. The molecule has 0 aromatic carbocycles. The first-order valence-electron chi connectivity index (χ1n) is 23.2. The first kappa shape index (κ1) is 59.7. The summed E-state index contributed by atoms with van der Waals surface area (Å²) in [5, 5.41) is 41.2. The Labute approximate surface area is 381 Å². The topological polar surface area (TPSA) is 256 Å². The average Bonchev–Trinajstić information content (AvgIpc) is 3.51. The molecule has 0 spiro atoms. The molecule has 8 atom stereocenters. The van der Waals surface area contributed by atoms with Crippen molar-refractivity contribution >= 4 is 27.6 Å². The predicted octanol–water partition coefficient (Wildman–Crippen LogP) is 8.39. The van der Waals surface area contributed by atoms with Crippen molar-refractivity contribution in [3.05, 3.63) is 60.8 Å². The molecular weight excluding hydrogens is 870 g/mol. The van der Waals surface area contributed by atoms with Crippen molar-refractivity contribution in [3.63, 3.8) is 0 Å². The van der Waals surface area contributed by atoms with Crippen LogP contribution >= 0.6 is 15.6 Å². The molecule has 0 amide bonds. The van der Waals surface area contributed by atoms with Crippen molar-refractivity contribution in [2.75, 3.05) is 26.4 Å². The molecule has 370 valence electrons.